The lowest BCUT2D eigenvalue weighted by molar-refractivity contribution is 0.0958. The molecule has 1 amide bonds. The first-order valence-electron chi connectivity index (χ1n) is 6.23. The third-order valence-electron chi connectivity index (χ3n) is 2.39. The topological polar surface area (TPSA) is 53.8 Å². The van der Waals surface area contributed by atoms with Gasteiger partial charge in [0.15, 0.2) is 0 Å². The van der Waals surface area contributed by atoms with Crippen LogP contribution in [-0.2, 0) is 0 Å². The van der Waals surface area contributed by atoms with Crippen molar-refractivity contribution in [3.05, 3.63) is 53.8 Å². The molecule has 1 N–H and O–H groups in total. The van der Waals surface area contributed by atoms with Gasteiger partial charge in [0.2, 0.25) is 0 Å². The summed E-state index contributed by atoms with van der Waals surface area (Å²) < 4.78 is 0. The summed E-state index contributed by atoms with van der Waals surface area (Å²) in [6, 6.07) is 6.84. The number of nitrogens with one attached hydrogen (secondary N) is 1. The lowest BCUT2D eigenvalue weighted by Gasteiger charge is -2.01. The number of carbonyl (C=O) groups excluding carboxylic acids is 1. The zero-order chi connectivity index (χ0) is 14.8. The van der Waals surface area contributed by atoms with Gasteiger partial charge in [0.1, 0.15) is 0 Å². The van der Waals surface area contributed by atoms with Crippen molar-refractivity contribution >= 4 is 11.6 Å². The Hall–Kier alpha value is -2.67. The van der Waals surface area contributed by atoms with Gasteiger partial charge in [0, 0.05) is 5.56 Å². The highest BCUT2D eigenvalue weighted by molar-refractivity contribution is 5.94. The van der Waals surface area contributed by atoms with E-state index in [4.69, 9.17) is 6.42 Å². The zero-order valence-corrected chi connectivity index (χ0v) is 11.6. The Bertz CT molecular complexity index is 575. The molecule has 1 aromatic carbocycles. The first-order chi connectivity index (χ1) is 9.71. The van der Waals surface area contributed by atoms with Gasteiger partial charge in [-0.05, 0) is 44.2 Å². The summed E-state index contributed by atoms with van der Waals surface area (Å²) in [4.78, 5) is 11.6. The largest absolute Gasteiger partial charge is 0.341 e. The molecule has 4 nitrogen and oxygen atoms in total. The first kappa shape index (κ1) is 15.4. The standard InChI is InChI=1S/C16H17N3O/c1-4-7-14(6-3)18-19-15-10-8-13(9-11-15)16(20)17-12-5-2/h2,4,6-11H,12H2,1,3H3,(H,17,20). The molecule has 0 aliphatic rings. The molecule has 0 aromatic heterocycles. The molecule has 0 unspecified atom stereocenters. The highest BCUT2D eigenvalue weighted by Crippen LogP contribution is 2.15. The van der Waals surface area contributed by atoms with Crippen molar-refractivity contribution in [1.29, 1.82) is 0 Å². The van der Waals surface area contributed by atoms with Crippen LogP contribution in [0.4, 0.5) is 5.69 Å². The number of amides is 1. The summed E-state index contributed by atoms with van der Waals surface area (Å²) in [5.74, 6) is 2.15. The number of nitrogens with zero attached hydrogens (tertiary/aromatic N) is 2. The maximum absolute atomic E-state index is 11.6. The van der Waals surface area contributed by atoms with Crippen LogP contribution in [0.25, 0.3) is 0 Å². The van der Waals surface area contributed by atoms with Crippen LogP contribution in [0.5, 0.6) is 0 Å². The van der Waals surface area contributed by atoms with E-state index in [1.807, 2.05) is 32.1 Å². The molecule has 0 heterocycles. The van der Waals surface area contributed by atoms with E-state index in [1.165, 1.54) is 0 Å². The lowest BCUT2D eigenvalue weighted by atomic mass is 10.2. The van der Waals surface area contributed by atoms with Crippen molar-refractivity contribution in [1.82, 2.24) is 5.32 Å². The van der Waals surface area contributed by atoms with E-state index >= 15 is 0 Å². The summed E-state index contributed by atoms with van der Waals surface area (Å²) in [5, 5.41) is 10.8. The molecule has 102 valence electrons. The normalized spacial score (nSPS) is 11.8. The molecule has 0 aliphatic heterocycles. The fourth-order valence-electron chi connectivity index (χ4n) is 1.39. The molecule has 0 spiro atoms. The molecule has 0 aliphatic carbocycles. The van der Waals surface area contributed by atoms with Crippen molar-refractivity contribution in [2.75, 3.05) is 6.54 Å². The molecule has 1 aromatic rings. The Balaban J connectivity index is 2.74. The highest BCUT2D eigenvalue weighted by atomic mass is 16.1. The predicted octanol–water partition coefficient (Wildman–Crippen LogP) is 3.61. The second-order valence-electron chi connectivity index (χ2n) is 3.85. The van der Waals surface area contributed by atoms with E-state index in [1.54, 1.807) is 24.3 Å². The van der Waals surface area contributed by atoms with Gasteiger partial charge >= 0.3 is 0 Å². The van der Waals surface area contributed by atoms with Crippen LogP contribution < -0.4 is 5.32 Å². The summed E-state index contributed by atoms with van der Waals surface area (Å²) in [7, 11) is 0. The predicted molar refractivity (Wildman–Crippen MR) is 80.7 cm³/mol. The van der Waals surface area contributed by atoms with Crippen molar-refractivity contribution in [2.45, 2.75) is 13.8 Å². The van der Waals surface area contributed by atoms with Crippen LogP contribution in [0.1, 0.15) is 24.2 Å². The summed E-state index contributed by atoms with van der Waals surface area (Å²) in [6.45, 7) is 4.03. The van der Waals surface area contributed by atoms with Gasteiger partial charge in [-0.1, -0.05) is 18.1 Å². The first-order valence-corrected chi connectivity index (χ1v) is 6.23. The van der Waals surface area contributed by atoms with Gasteiger partial charge in [-0.15, -0.1) is 6.42 Å². The molecular weight excluding hydrogens is 250 g/mol. The third kappa shape index (κ3) is 4.91. The molecule has 0 atom stereocenters. The minimum absolute atomic E-state index is 0.200. The average Bonchev–Trinajstić information content (AvgIpc) is 2.49. The average molecular weight is 267 g/mol. The van der Waals surface area contributed by atoms with E-state index in [9.17, 15) is 4.79 Å². The van der Waals surface area contributed by atoms with Crippen molar-refractivity contribution in [2.24, 2.45) is 10.2 Å². The van der Waals surface area contributed by atoms with E-state index < -0.39 is 0 Å². The summed E-state index contributed by atoms with van der Waals surface area (Å²) >= 11 is 0. The molecule has 0 bridgehead atoms. The van der Waals surface area contributed by atoms with Gasteiger partial charge in [0.25, 0.3) is 5.91 Å². The number of allylic oxidation sites excluding steroid dienone is 3. The monoisotopic (exact) mass is 267 g/mol. The maximum Gasteiger partial charge on any atom is 0.252 e. The summed E-state index contributed by atoms with van der Waals surface area (Å²) in [6.07, 6.45) is 10.7. The molecule has 4 heteroatoms. The Kier molecular flexibility index (Phi) is 6.49. The lowest BCUT2D eigenvalue weighted by Crippen LogP contribution is -2.23. The minimum Gasteiger partial charge on any atom is -0.341 e. The van der Waals surface area contributed by atoms with Gasteiger partial charge in [-0.3, -0.25) is 4.79 Å². The van der Waals surface area contributed by atoms with Crippen molar-refractivity contribution < 1.29 is 4.79 Å². The molecule has 1 rings (SSSR count). The molecule has 20 heavy (non-hydrogen) atoms. The number of terminal acetylenes is 1. The molecule has 0 saturated heterocycles. The maximum atomic E-state index is 11.6. The smallest absolute Gasteiger partial charge is 0.252 e. The number of hydrogen-bond acceptors (Lipinski definition) is 3. The fourth-order valence-corrected chi connectivity index (χ4v) is 1.39. The van der Waals surface area contributed by atoms with Crippen LogP contribution in [0.3, 0.4) is 0 Å². The highest BCUT2D eigenvalue weighted by Gasteiger charge is 2.03. The zero-order valence-electron chi connectivity index (χ0n) is 11.6. The Morgan fingerprint density at radius 2 is 2.05 bits per heavy atom. The molecular formula is C16H17N3O. The second-order valence-corrected chi connectivity index (χ2v) is 3.85. The van der Waals surface area contributed by atoms with E-state index in [-0.39, 0.29) is 12.5 Å². The van der Waals surface area contributed by atoms with Crippen molar-refractivity contribution in [3.8, 4) is 12.3 Å². The quantitative estimate of drug-likeness (QED) is 0.494. The minimum atomic E-state index is -0.200. The van der Waals surface area contributed by atoms with Crippen molar-refractivity contribution in [3.63, 3.8) is 0 Å². The van der Waals surface area contributed by atoms with Crippen LogP contribution >= 0.6 is 0 Å². The molecule has 0 saturated carbocycles. The Morgan fingerprint density at radius 3 is 2.60 bits per heavy atom. The SMILES string of the molecule is C#CCNC(=O)c1ccc(N=NC(C=CC)=CC)cc1. The van der Waals surface area contributed by atoms with Crippen LogP contribution in [-0.4, -0.2) is 12.5 Å². The van der Waals surface area contributed by atoms with Crippen LogP contribution in [0, 0.1) is 12.3 Å². The Labute approximate surface area is 119 Å². The number of benzene rings is 1. The van der Waals surface area contributed by atoms with E-state index in [0.717, 1.165) is 5.70 Å². The van der Waals surface area contributed by atoms with E-state index in [0.29, 0.717) is 11.3 Å². The van der Waals surface area contributed by atoms with Gasteiger partial charge in [-0.2, -0.15) is 10.2 Å². The summed E-state index contributed by atoms with van der Waals surface area (Å²) in [5.41, 5.74) is 2.00. The number of azo groups is 1. The second kappa shape index (κ2) is 8.44. The van der Waals surface area contributed by atoms with Gasteiger partial charge in [0.05, 0.1) is 17.9 Å². The van der Waals surface area contributed by atoms with E-state index in [2.05, 4.69) is 21.5 Å². The number of rotatable bonds is 5. The molecule has 0 fully saturated rings. The van der Waals surface area contributed by atoms with Crippen LogP contribution in [0.15, 0.2) is 58.4 Å². The van der Waals surface area contributed by atoms with Gasteiger partial charge < -0.3 is 5.32 Å². The Morgan fingerprint density at radius 1 is 1.35 bits per heavy atom. The number of carbonyl (C=O) groups is 1. The number of hydrogen-bond donors (Lipinski definition) is 1. The fraction of sp³-hybridized carbons (Fsp3) is 0.188. The third-order valence-corrected chi connectivity index (χ3v) is 2.39. The van der Waals surface area contributed by atoms with Crippen LogP contribution in [0.2, 0.25) is 0 Å². The van der Waals surface area contributed by atoms with Gasteiger partial charge in [-0.25, -0.2) is 0 Å². The molecule has 0 radical (unpaired) electrons.